The normalized spacial score (nSPS) is 11.2. The molecule has 0 bridgehead atoms. The van der Waals surface area contributed by atoms with Gasteiger partial charge in [0.2, 0.25) is 0 Å². The van der Waals surface area contributed by atoms with Gasteiger partial charge in [0, 0.05) is 30.9 Å². The third-order valence-corrected chi connectivity index (χ3v) is 4.46. The number of aryl methyl sites for hydroxylation is 2. The lowest BCUT2D eigenvalue weighted by atomic mass is 10.2. The number of unbranched alkanes of at least 4 members (excludes halogenated alkanes) is 3. The number of thiazole rings is 1. The number of rotatable bonds is 9. The van der Waals surface area contributed by atoms with E-state index in [2.05, 4.69) is 48.3 Å². The maximum Gasteiger partial charge on any atom is 0.191 e. The molecule has 0 saturated carbocycles. The number of hydrogen-bond donors (Lipinski definition) is 2. The van der Waals surface area contributed by atoms with Gasteiger partial charge in [0.15, 0.2) is 5.96 Å². The fourth-order valence-electron chi connectivity index (χ4n) is 2.01. The molecule has 0 fully saturated rings. The summed E-state index contributed by atoms with van der Waals surface area (Å²) in [5, 5.41) is 7.90. The van der Waals surface area contributed by atoms with Crippen LogP contribution in [0.5, 0.6) is 0 Å². The second kappa shape index (κ2) is 13.1. The first-order chi connectivity index (χ1) is 10.2. The van der Waals surface area contributed by atoms with Crippen LogP contribution >= 0.6 is 35.3 Å². The average Bonchev–Trinajstić information content (AvgIpc) is 2.77. The lowest BCUT2D eigenvalue weighted by Gasteiger charge is -2.10. The minimum atomic E-state index is 0. The van der Waals surface area contributed by atoms with Crippen molar-refractivity contribution < 1.29 is 0 Å². The molecule has 0 amide bonds. The summed E-state index contributed by atoms with van der Waals surface area (Å²) in [4.78, 5) is 10.5. The van der Waals surface area contributed by atoms with Crippen LogP contribution in [0.15, 0.2) is 4.99 Å². The van der Waals surface area contributed by atoms with Crippen molar-refractivity contribution >= 4 is 41.3 Å². The average molecular weight is 438 g/mol. The third-order valence-electron chi connectivity index (χ3n) is 3.33. The van der Waals surface area contributed by atoms with Crippen molar-refractivity contribution in [3.63, 3.8) is 0 Å². The first-order valence-electron chi connectivity index (χ1n) is 8.12. The third kappa shape index (κ3) is 8.92. The molecule has 128 valence electrons. The van der Waals surface area contributed by atoms with Gasteiger partial charge in [-0.05, 0) is 27.2 Å². The number of nitrogens with zero attached hydrogens (tertiary/aromatic N) is 2. The van der Waals surface area contributed by atoms with E-state index >= 15 is 0 Å². The van der Waals surface area contributed by atoms with Gasteiger partial charge in [-0.1, -0.05) is 26.2 Å². The Labute approximate surface area is 156 Å². The molecule has 0 aliphatic heterocycles. The number of hydrogen-bond acceptors (Lipinski definition) is 3. The number of aliphatic imine (C=N–C) groups is 1. The van der Waals surface area contributed by atoms with E-state index in [0.29, 0.717) is 0 Å². The molecule has 4 nitrogen and oxygen atoms in total. The van der Waals surface area contributed by atoms with Crippen molar-refractivity contribution in [2.45, 2.75) is 59.8 Å². The van der Waals surface area contributed by atoms with Crippen LogP contribution in [-0.4, -0.2) is 30.6 Å². The van der Waals surface area contributed by atoms with E-state index in [1.807, 2.05) is 0 Å². The van der Waals surface area contributed by atoms with Gasteiger partial charge >= 0.3 is 0 Å². The summed E-state index contributed by atoms with van der Waals surface area (Å²) in [5.74, 6) is 0.930. The Hall–Kier alpha value is -0.370. The summed E-state index contributed by atoms with van der Waals surface area (Å²) in [5.41, 5.74) is 1.16. The zero-order chi connectivity index (χ0) is 15.5. The minimum absolute atomic E-state index is 0. The van der Waals surface area contributed by atoms with E-state index < -0.39 is 0 Å². The highest BCUT2D eigenvalue weighted by molar-refractivity contribution is 14.0. The fraction of sp³-hybridized carbons (Fsp3) is 0.750. The Morgan fingerprint density at radius 2 is 1.91 bits per heavy atom. The van der Waals surface area contributed by atoms with Gasteiger partial charge in [-0.2, -0.15) is 0 Å². The van der Waals surface area contributed by atoms with Crippen LogP contribution in [0.1, 0.15) is 55.1 Å². The molecular weight excluding hydrogens is 407 g/mol. The van der Waals surface area contributed by atoms with Crippen molar-refractivity contribution in [1.29, 1.82) is 0 Å². The zero-order valence-corrected chi connectivity index (χ0v) is 17.5. The molecule has 0 aliphatic carbocycles. The van der Waals surface area contributed by atoms with Gasteiger partial charge in [-0.25, -0.2) is 4.98 Å². The Kier molecular flexibility index (Phi) is 12.9. The predicted octanol–water partition coefficient (Wildman–Crippen LogP) is 4.06. The van der Waals surface area contributed by atoms with E-state index in [0.717, 1.165) is 37.7 Å². The fourth-order valence-corrected chi connectivity index (χ4v) is 2.94. The molecule has 0 aromatic carbocycles. The molecule has 1 rings (SSSR count). The Balaban J connectivity index is 0.00000441. The SMILES string of the molecule is CCCCCCN=C(NCC)NCCc1nc(C)c(C)s1.I. The van der Waals surface area contributed by atoms with E-state index in [1.54, 1.807) is 11.3 Å². The molecule has 0 radical (unpaired) electrons. The number of nitrogens with one attached hydrogen (secondary N) is 2. The quantitative estimate of drug-likeness (QED) is 0.265. The van der Waals surface area contributed by atoms with Crippen LogP contribution in [-0.2, 0) is 6.42 Å². The molecule has 0 atom stereocenters. The molecule has 0 saturated heterocycles. The van der Waals surface area contributed by atoms with Gasteiger partial charge in [-0.15, -0.1) is 35.3 Å². The number of halogens is 1. The Morgan fingerprint density at radius 3 is 2.50 bits per heavy atom. The van der Waals surface area contributed by atoms with Gasteiger partial charge in [0.1, 0.15) is 0 Å². The van der Waals surface area contributed by atoms with E-state index in [1.165, 1.54) is 35.6 Å². The maximum absolute atomic E-state index is 4.62. The topological polar surface area (TPSA) is 49.3 Å². The van der Waals surface area contributed by atoms with E-state index in [4.69, 9.17) is 0 Å². The van der Waals surface area contributed by atoms with Gasteiger partial charge in [0.05, 0.1) is 10.7 Å². The van der Waals surface area contributed by atoms with E-state index in [9.17, 15) is 0 Å². The van der Waals surface area contributed by atoms with Crippen molar-refractivity contribution in [3.05, 3.63) is 15.6 Å². The summed E-state index contributed by atoms with van der Waals surface area (Å²) in [6, 6.07) is 0. The van der Waals surface area contributed by atoms with Gasteiger partial charge in [-0.3, -0.25) is 4.99 Å². The summed E-state index contributed by atoms with van der Waals surface area (Å²) in [6.45, 7) is 11.2. The maximum atomic E-state index is 4.62. The minimum Gasteiger partial charge on any atom is -0.357 e. The van der Waals surface area contributed by atoms with Crippen LogP contribution < -0.4 is 10.6 Å². The predicted molar refractivity (Wildman–Crippen MR) is 109 cm³/mol. The van der Waals surface area contributed by atoms with E-state index in [-0.39, 0.29) is 24.0 Å². The monoisotopic (exact) mass is 438 g/mol. The highest BCUT2D eigenvalue weighted by atomic mass is 127. The van der Waals surface area contributed by atoms with Crippen LogP contribution in [0.2, 0.25) is 0 Å². The summed E-state index contributed by atoms with van der Waals surface area (Å²) in [7, 11) is 0. The highest BCUT2D eigenvalue weighted by Gasteiger charge is 2.04. The zero-order valence-electron chi connectivity index (χ0n) is 14.4. The molecule has 1 aromatic rings. The molecule has 2 N–H and O–H groups in total. The first-order valence-corrected chi connectivity index (χ1v) is 8.94. The standard InChI is InChI=1S/C16H30N4S.HI/c1-5-7-8-9-11-18-16(17-6-2)19-12-10-15-20-13(3)14(4)21-15;/h5-12H2,1-4H3,(H2,17,18,19);1H. The van der Waals surface area contributed by atoms with Crippen LogP contribution in [0, 0.1) is 13.8 Å². The van der Waals surface area contributed by atoms with Gasteiger partial charge in [0.25, 0.3) is 0 Å². The van der Waals surface area contributed by atoms with Crippen LogP contribution in [0.25, 0.3) is 0 Å². The first kappa shape index (κ1) is 21.6. The number of aromatic nitrogens is 1. The van der Waals surface area contributed by atoms with Crippen LogP contribution in [0.3, 0.4) is 0 Å². The molecule has 1 aromatic heterocycles. The summed E-state index contributed by atoms with van der Waals surface area (Å²) < 4.78 is 0. The molecule has 6 heteroatoms. The lowest BCUT2D eigenvalue weighted by Crippen LogP contribution is -2.38. The molecule has 0 unspecified atom stereocenters. The van der Waals surface area contributed by atoms with Crippen molar-refractivity contribution in [3.8, 4) is 0 Å². The smallest absolute Gasteiger partial charge is 0.191 e. The molecule has 1 heterocycles. The van der Waals surface area contributed by atoms with Crippen LogP contribution in [0.4, 0.5) is 0 Å². The second-order valence-corrected chi connectivity index (χ2v) is 6.54. The molecular formula is C16H31IN4S. The van der Waals surface area contributed by atoms with Crippen molar-refractivity contribution in [2.75, 3.05) is 19.6 Å². The highest BCUT2D eigenvalue weighted by Crippen LogP contribution is 2.16. The molecule has 0 spiro atoms. The molecule has 22 heavy (non-hydrogen) atoms. The second-order valence-electron chi connectivity index (χ2n) is 5.25. The van der Waals surface area contributed by atoms with Crippen molar-refractivity contribution in [2.24, 2.45) is 4.99 Å². The van der Waals surface area contributed by atoms with Gasteiger partial charge < -0.3 is 10.6 Å². The molecule has 0 aliphatic rings. The summed E-state index contributed by atoms with van der Waals surface area (Å²) in [6.07, 6.45) is 5.99. The lowest BCUT2D eigenvalue weighted by molar-refractivity contribution is 0.670. The Morgan fingerprint density at radius 1 is 1.14 bits per heavy atom. The Bertz CT molecular complexity index is 412. The van der Waals surface area contributed by atoms with Crippen molar-refractivity contribution in [1.82, 2.24) is 15.6 Å². The largest absolute Gasteiger partial charge is 0.357 e. The number of guanidine groups is 1. The summed E-state index contributed by atoms with van der Waals surface area (Å²) >= 11 is 1.79.